The van der Waals surface area contributed by atoms with E-state index in [1.54, 1.807) is 0 Å². The number of aliphatic carboxylic acids is 6. The Morgan fingerprint density at radius 1 is 0.368 bits per heavy atom. The summed E-state index contributed by atoms with van der Waals surface area (Å²) in [5, 5.41) is 104. The molecular formula is C18H34NO18V. The van der Waals surface area contributed by atoms with Gasteiger partial charge in [0.25, 0.3) is 0 Å². The van der Waals surface area contributed by atoms with Gasteiger partial charge in [0.05, 0.1) is 72.4 Å². The molecule has 0 aliphatic rings. The molecule has 19 nitrogen and oxygen atoms in total. The second kappa shape index (κ2) is 34.1. The first kappa shape index (κ1) is 55.6. The predicted octanol–water partition coefficient (Wildman–Crippen LogP) is -10.9. The number of carbonyl (C=O) groups is 6. The number of carboxylic acid groups (broad SMARTS) is 6. The summed E-state index contributed by atoms with van der Waals surface area (Å²) in [4.78, 5) is 56.0. The molecule has 38 heavy (non-hydrogen) atoms. The number of carbonyl (C=O) groups excluding carboxylic acids is 6. The van der Waals surface area contributed by atoms with Crippen molar-refractivity contribution in [3.63, 3.8) is 0 Å². The van der Waals surface area contributed by atoms with Crippen LogP contribution in [0, 0.1) is 0 Å². The fourth-order valence-electron chi connectivity index (χ4n) is 0. The Morgan fingerprint density at radius 3 is 0.395 bits per heavy atom. The van der Waals surface area contributed by atoms with E-state index in [0.717, 1.165) is 41.5 Å². The zero-order chi connectivity index (χ0) is 30.9. The van der Waals surface area contributed by atoms with Crippen LogP contribution in [-0.2, 0) is 47.3 Å². The normalized spacial score (nSPS) is 12.9. The Kier molecular flexibility index (Phi) is 49.9. The van der Waals surface area contributed by atoms with Crippen LogP contribution in [0.3, 0.4) is 0 Å². The molecule has 0 saturated carbocycles. The number of carboxylic acids is 6. The summed E-state index contributed by atoms with van der Waals surface area (Å²) in [5.74, 6) is -8.61. The third-order valence-corrected chi connectivity index (χ3v) is 2.05. The van der Waals surface area contributed by atoms with Gasteiger partial charge in [-0.3, -0.25) is 0 Å². The van der Waals surface area contributed by atoms with Crippen LogP contribution in [0.5, 0.6) is 0 Å². The van der Waals surface area contributed by atoms with E-state index < -0.39 is 72.4 Å². The molecule has 0 spiro atoms. The van der Waals surface area contributed by atoms with Crippen molar-refractivity contribution in [3.05, 3.63) is 0 Å². The number of hydrogen-bond acceptors (Lipinski definition) is 18. The van der Waals surface area contributed by atoms with Gasteiger partial charge in [0, 0.05) is 0 Å². The first-order valence-corrected chi connectivity index (χ1v) is 9.19. The van der Waals surface area contributed by atoms with Gasteiger partial charge in [-0.1, -0.05) is 0 Å². The molecule has 0 amide bonds. The van der Waals surface area contributed by atoms with Crippen molar-refractivity contribution >= 4 is 35.8 Å². The van der Waals surface area contributed by atoms with Gasteiger partial charge in [0.2, 0.25) is 0 Å². The number of hydrogen-bond donors (Lipinski definition) is 7. The molecule has 10 N–H and O–H groups in total. The van der Waals surface area contributed by atoms with Gasteiger partial charge in [-0.05, 0) is 41.5 Å². The summed E-state index contributed by atoms with van der Waals surface area (Å²) in [7, 11) is 0. The Morgan fingerprint density at radius 2 is 0.395 bits per heavy atom. The maximum Gasteiger partial charge on any atom is 5.00 e. The van der Waals surface area contributed by atoms with Crippen LogP contribution in [-0.4, -0.2) is 103 Å². The summed E-state index contributed by atoms with van der Waals surface area (Å²) < 4.78 is 0. The van der Waals surface area contributed by atoms with Gasteiger partial charge >= 0.3 is 18.6 Å². The zero-order valence-corrected chi connectivity index (χ0v) is 22.9. The van der Waals surface area contributed by atoms with Crippen LogP contribution in [0.25, 0.3) is 0 Å². The molecule has 6 unspecified atom stereocenters. The number of aliphatic hydroxyl groups is 6. The number of quaternary nitrogens is 1. The zero-order valence-electron chi connectivity index (χ0n) is 21.5. The molecule has 0 heterocycles. The average Bonchev–Trinajstić information content (AvgIpc) is 2.69. The quantitative estimate of drug-likeness (QED) is 0.148. The molecule has 0 fully saturated rings. The van der Waals surface area contributed by atoms with Gasteiger partial charge in [0.1, 0.15) is 0 Å². The molecule has 0 aromatic heterocycles. The molecule has 0 rings (SSSR count). The maximum atomic E-state index is 9.34. The molecular weight excluding hydrogens is 569 g/mol. The van der Waals surface area contributed by atoms with E-state index >= 15 is 0 Å². The van der Waals surface area contributed by atoms with E-state index in [-0.39, 0.29) is 24.7 Å². The molecule has 0 radical (unpaired) electrons. The summed E-state index contributed by atoms with van der Waals surface area (Å²) in [6.07, 6.45) is -8.06. The van der Waals surface area contributed by atoms with E-state index in [0.29, 0.717) is 0 Å². The Balaban J connectivity index is -0.0000000469. The molecule has 0 aliphatic heterocycles. The van der Waals surface area contributed by atoms with E-state index in [4.69, 9.17) is 30.6 Å². The van der Waals surface area contributed by atoms with Gasteiger partial charge in [0.15, 0.2) is 0 Å². The summed E-state index contributed by atoms with van der Waals surface area (Å²) in [6, 6.07) is 0. The van der Waals surface area contributed by atoms with Crippen molar-refractivity contribution in [2.75, 3.05) is 0 Å². The maximum absolute atomic E-state index is 9.34. The van der Waals surface area contributed by atoms with Crippen LogP contribution < -0.4 is 36.8 Å². The third kappa shape index (κ3) is 76.6. The van der Waals surface area contributed by atoms with Crippen molar-refractivity contribution in [3.8, 4) is 0 Å². The van der Waals surface area contributed by atoms with E-state index in [1.807, 2.05) is 0 Å². The van der Waals surface area contributed by atoms with Crippen LogP contribution in [0.2, 0.25) is 0 Å². The fraction of sp³-hybridized carbons (Fsp3) is 0.667. The molecule has 0 aliphatic carbocycles. The van der Waals surface area contributed by atoms with E-state index in [9.17, 15) is 59.4 Å². The van der Waals surface area contributed by atoms with Gasteiger partial charge < -0.3 is 96.2 Å². The molecule has 6 atom stereocenters. The summed E-state index contributed by atoms with van der Waals surface area (Å²) in [5.41, 5.74) is 0. The minimum atomic E-state index is -1.44. The Labute approximate surface area is 229 Å². The fourth-order valence-corrected chi connectivity index (χ4v) is 0. The average molecular weight is 603 g/mol. The third-order valence-electron chi connectivity index (χ3n) is 2.05. The van der Waals surface area contributed by atoms with E-state index in [1.165, 1.54) is 0 Å². The van der Waals surface area contributed by atoms with Gasteiger partial charge in [-0.2, -0.15) is 0 Å². The van der Waals surface area contributed by atoms with Crippen molar-refractivity contribution < 1.29 is 109 Å². The van der Waals surface area contributed by atoms with Crippen molar-refractivity contribution in [2.45, 2.75) is 78.2 Å². The first-order valence-electron chi connectivity index (χ1n) is 9.19. The standard InChI is InChI=1S/6C3H6O3.H3N.V/c6*1-2(4)3(5)6;;/h6*2,4H,1H3,(H,5,6);1H3;/q;;;;;;;+5/p-5. The van der Waals surface area contributed by atoms with Crippen LogP contribution in [0.15, 0.2) is 0 Å². The second-order valence-electron chi connectivity index (χ2n) is 5.97. The SMILES string of the molecule is CC(O)C(=O)[O-].CC(O)C(=O)[O-].CC(O)C(=O)[O-].CC(O)C(=O)[O-].CC(O)C(=O)[O-].CC(O)C(=O)[O-].[NH4+].[V+5]. The first-order chi connectivity index (χ1) is 15.9. The summed E-state index contributed by atoms with van der Waals surface area (Å²) in [6.45, 7) is 6.81. The van der Waals surface area contributed by atoms with Crippen LogP contribution in [0.1, 0.15) is 41.5 Å². The van der Waals surface area contributed by atoms with Crippen LogP contribution >= 0.6 is 0 Å². The van der Waals surface area contributed by atoms with Crippen molar-refractivity contribution in [1.29, 1.82) is 0 Å². The smallest absolute Gasteiger partial charge is 0.547 e. The second-order valence-corrected chi connectivity index (χ2v) is 5.97. The monoisotopic (exact) mass is 603 g/mol. The number of rotatable bonds is 6. The predicted molar refractivity (Wildman–Crippen MR) is 106 cm³/mol. The largest absolute Gasteiger partial charge is 5.00 e. The van der Waals surface area contributed by atoms with Gasteiger partial charge in [-0.15, -0.1) is 0 Å². The Hall–Kier alpha value is -2.88. The number of aliphatic hydroxyl groups excluding tert-OH is 6. The minimum Gasteiger partial charge on any atom is -0.547 e. The molecule has 0 aromatic carbocycles. The van der Waals surface area contributed by atoms with Gasteiger partial charge in [-0.25, -0.2) is 0 Å². The molecule has 0 saturated heterocycles. The topological polar surface area (TPSA) is 399 Å². The molecule has 224 valence electrons. The van der Waals surface area contributed by atoms with Crippen LogP contribution in [0.4, 0.5) is 0 Å². The van der Waals surface area contributed by atoms with E-state index in [2.05, 4.69) is 0 Å². The summed E-state index contributed by atoms with van der Waals surface area (Å²) >= 11 is 0. The molecule has 0 aromatic rings. The molecule has 20 heteroatoms. The van der Waals surface area contributed by atoms with Crippen molar-refractivity contribution in [2.24, 2.45) is 0 Å². The van der Waals surface area contributed by atoms with Crippen molar-refractivity contribution in [1.82, 2.24) is 6.15 Å². The minimum absolute atomic E-state index is 0. The molecule has 0 bridgehead atoms. The Bertz CT molecular complexity index is 495.